The number of benzene rings is 1. The number of aliphatic hydroxyl groups is 1. The van der Waals surface area contributed by atoms with Gasteiger partial charge in [-0.05, 0) is 19.1 Å². The quantitative estimate of drug-likeness (QED) is 0.793. The SMILES string of the molecule is Cc1[nH]nc(CO)c1S(=O)(=O)Nc1ccc(F)cc1F. The summed E-state index contributed by atoms with van der Waals surface area (Å²) in [5, 5.41) is 15.1. The van der Waals surface area contributed by atoms with Crippen LogP contribution in [0.5, 0.6) is 0 Å². The second-order valence-corrected chi connectivity index (χ2v) is 5.63. The number of nitrogens with one attached hydrogen (secondary N) is 2. The van der Waals surface area contributed by atoms with E-state index in [1.54, 1.807) is 0 Å². The van der Waals surface area contributed by atoms with Gasteiger partial charge < -0.3 is 5.11 Å². The minimum atomic E-state index is -4.14. The normalized spacial score (nSPS) is 11.6. The van der Waals surface area contributed by atoms with Crippen LogP contribution in [0.2, 0.25) is 0 Å². The van der Waals surface area contributed by atoms with E-state index in [0.717, 1.165) is 12.1 Å². The van der Waals surface area contributed by atoms with Crippen LogP contribution < -0.4 is 4.72 Å². The predicted molar refractivity (Wildman–Crippen MR) is 66.4 cm³/mol. The molecule has 0 aliphatic heterocycles. The number of aryl methyl sites for hydroxylation is 1. The summed E-state index contributed by atoms with van der Waals surface area (Å²) >= 11 is 0. The van der Waals surface area contributed by atoms with Crippen molar-refractivity contribution in [3.05, 3.63) is 41.2 Å². The van der Waals surface area contributed by atoms with E-state index >= 15 is 0 Å². The van der Waals surface area contributed by atoms with Gasteiger partial charge in [0.05, 0.1) is 18.0 Å². The highest BCUT2D eigenvalue weighted by Crippen LogP contribution is 2.23. The number of hydrogen-bond acceptors (Lipinski definition) is 4. The van der Waals surface area contributed by atoms with Gasteiger partial charge in [0.15, 0.2) is 0 Å². The zero-order chi connectivity index (χ0) is 14.9. The largest absolute Gasteiger partial charge is 0.390 e. The molecule has 108 valence electrons. The Bertz CT molecular complexity index is 743. The number of H-pyrrole nitrogens is 1. The standard InChI is InChI=1S/C11H11F2N3O3S/c1-6-11(10(5-17)15-14-6)20(18,19)16-9-3-2-7(12)4-8(9)13/h2-4,16-17H,5H2,1H3,(H,14,15). The van der Waals surface area contributed by atoms with Gasteiger partial charge in [-0.3, -0.25) is 9.82 Å². The van der Waals surface area contributed by atoms with E-state index in [-0.39, 0.29) is 16.3 Å². The number of anilines is 1. The fourth-order valence-corrected chi connectivity index (χ4v) is 3.13. The summed E-state index contributed by atoms with van der Waals surface area (Å²) in [6.45, 7) is 0.855. The van der Waals surface area contributed by atoms with Crippen LogP contribution in [0.3, 0.4) is 0 Å². The first-order chi connectivity index (χ1) is 9.35. The molecule has 0 aliphatic carbocycles. The Labute approximate surface area is 113 Å². The topological polar surface area (TPSA) is 95.1 Å². The first kappa shape index (κ1) is 14.4. The molecule has 1 aromatic carbocycles. The van der Waals surface area contributed by atoms with Crippen LogP contribution >= 0.6 is 0 Å². The van der Waals surface area contributed by atoms with Crippen LogP contribution in [-0.2, 0) is 16.6 Å². The number of halogens is 2. The van der Waals surface area contributed by atoms with Crippen molar-refractivity contribution in [2.45, 2.75) is 18.4 Å². The maximum atomic E-state index is 13.5. The van der Waals surface area contributed by atoms with Crippen LogP contribution in [0.1, 0.15) is 11.4 Å². The number of rotatable bonds is 4. The molecule has 0 spiro atoms. The average Bonchev–Trinajstić information content (AvgIpc) is 2.75. The molecular formula is C11H11F2N3O3S. The third kappa shape index (κ3) is 2.63. The summed E-state index contributed by atoms with van der Waals surface area (Å²) in [4.78, 5) is -0.260. The number of nitrogens with zero attached hydrogens (tertiary/aromatic N) is 1. The number of aromatic amines is 1. The molecule has 0 aliphatic rings. The molecule has 1 aromatic heterocycles. The van der Waals surface area contributed by atoms with Crippen molar-refractivity contribution in [2.75, 3.05) is 4.72 Å². The molecule has 9 heteroatoms. The first-order valence-electron chi connectivity index (χ1n) is 5.47. The Morgan fingerprint density at radius 2 is 2.10 bits per heavy atom. The lowest BCUT2D eigenvalue weighted by Gasteiger charge is -2.09. The molecule has 0 bridgehead atoms. The first-order valence-corrected chi connectivity index (χ1v) is 6.96. The molecule has 0 amide bonds. The number of aromatic nitrogens is 2. The maximum absolute atomic E-state index is 13.5. The van der Waals surface area contributed by atoms with Gasteiger partial charge >= 0.3 is 0 Å². The van der Waals surface area contributed by atoms with E-state index in [0.29, 0.717) is 6.07 Å². The summed E-state index contributed by atoms with van der Waals surface area (Å²) in [6.07, 6.45) is 0. The lowest BCUT2D eigenvalue weighted by atomic mass is 10.3. The van der Waals surface area contributed by atoms with Gasteiger partial charge in [0.2, 0.25) is 0 Å². The van der Waals surface area contributed by atoms with E-state index < -0.39 is 34.0 Å². The second kappa shape index (κ2) is 5.17. The molecule has 0 atom stereocenters. The molecule has 2 aromatic rings. The van der Waals surface area contributed by atoms with E-state index in [4.69, 9.17) is 5.11 Å². The average molecular weight is 303 g/mol. The lowest BCUT2D eigenvalue weighted by molar-refractivity contribution is 0.273. The predicted octanol–water partition coefficient (Wildman–Crippen LogP) is 1.29. The summed E-state index contributed by atoms with van der Waals surface area (Å²) < 4.78 is 52.5. The number of hydrogen-bond donors (Lipinski definition) is 3. The minimum Gasteiger partial charge on any atom is -0.390 e. The fraction of sp³-hybridized carbons (Fsp3) is 0.182. The highest BCUT2D eigenvalue weighted by molar-refractivity contribution is 7.92. The third-order valence-corrected chi connectivity index (χ3v) is 4.12. The molecular weight excluding hydrogens is 292 g/mol. The van der Waals surface area contributed by atoms with Crippen LogP contribution in [0.15, 0.2) is 23.1 Å². The summed E-state index contributed by atoms with van der Waals surface area (Å²) in [6, 6.07) is 2.46. The molecule has 0 radical (unpaired) electrons. The third-order valence-electron chi connectivity index (χ3n) is 2.56. The number of sulfonamides is 1. The van der Waals surface area contributed by atoms with Gasteiger partial charge in [-0.1, -0.05) is 0 Å². The van der Waals surface area contributed by atoms with Gasteiger partial charge in [0.1, 0.15) is 22.2 Å². The summed E-state index contributed by atoms with van der Waals surface area (Å²) in [5.74, 6) is -1.86. The van der Waals surface area contributed by atoms with Gasteiger partial charge in [0, 0.05) is 6.07 Å². The molecule has 6 nitrogen and oxygen atoms in total. The van der Waals surface area contributed by atoms with Crippen molar-refractivity contribution >= 4 is 15.7 Å². The van der Waals surface area contributed by atoms with Crippen LogP contribution in [-0.4, -0.2) is 23.7 Å². The monoisotopic (exact) mass is 303 g/mol. The minimum absolute atomic E-state index is 0.0856. The Morgan fingerprint density at radius 3 is 2.70 bits per heavy atom. The molecule has 0 fully saturated rings. The highest BCUT2D eigenvalue weighted by atomic mass is 32.2. The van der Waals surface area contributed by atoms with Gasteiger partial charge in [0.25, 0.3) is 10.0 Å². The van der Waals surface area contributed by atoms with Crippen molar-refractivity contribution in [1.29, 1.82) is 0 Å². The molecule has 0 unspecified atom stereocenters. The Hall–Kier alpha value is -2.00. The zero-order valence-corrected chi connectivity index (χ0v) is 11.1. The Morgan fingerprint density at radius 1 is 1.40 bits per heavy atom. The van der Waals surface area contributed by atoms with E-state index in [9.17, 15) is 17.2 Å². The van der Waals surface area contributed by atoms with E-state index in [1.807, 2.05) is 4.72 Å². The summed E-state index contributed by atoms with van der Waals surface area (Å²) in [7, 11) is -4.14. The molecule has 3 N–H and O–H groups in total. The van der Waals surface area contributed by atoms with Crippen LogP contribution in [0.25, 0.3) is 0 Å². The van der Waals surface area contributed by atoms with Crippen molar-refractivity contribution in [2.24, 2.45) is 0 Å². The van der Waals surface area contributed by atoms with Crippen LogP contribution in [0.4, 0.5) is 14.5 Å². The van der Waals surface area contributed by atoms with Gasteiger partial charge in [-0.2, -0.15) is 5.10 Å². The van der Waals surface area contributed by atoms with Gasteiger partial charge in [-0.15, -0.1) is 0 Å². The fourth-order valence-electron chi connectivity index (χ4n) is 1.70. The molecule has 0 saturated heterocycles. The van der Waals surface area contributed by atoms with Gasteiger partial charge in [-0.25, -0.2) is 17.2 Å². The Balaban J connectivity index is 2.43. The van der Waals surface area contributed by atoms with Crippen molar-refractivity contribution < 1.29 is 22.3 Å². The smallest absolute Gasteiger partial charge is 0.265 e. The molecule has 20 heavy (non-hydrogen) atoms. The second-order valence-electron chi connectivity index (χ2n) is 4.01. The summed E-state index contributed by atoms with van der Waals surface area (Å²) in [5.41, 5.74) is -0.280. The van der Waals surface area contributed by atoms with E-state index in [1.165, 1.54) is 6.92 Å². The van der Waals surface area contributed by atoms with Crippen molar-refractivity contribution in [1.82, 2.24) is 10.2 Å². The lowest BCUT2D eigenvalue weighted by Crippen LogP contribution is -2.16. The zero-order valence-electron chi connectivity index (χ0n) is 10.3. The molecule has 0 saturated carbocycles. The van der Waals surface area contributed by atoms with Crippen LogP contribution in [0, 0.1) is 18.6 Å². The molecule has 1 heterocycles. The maximum Gasteiger partial charge on any atom is 0.265 e. The van der Waals surface area contributed by atoms with Crippen molar-refractivity contribution in [3.8, 4) is 0 Å². The molecule has 2 rings (SSSR count). The van der Waals surface area contributed by atoms with E-state index in [2.05, 4.69) is 10.2 Å². The van der Waals surface area contributed by atoms with Crippen molar-refractivity contribution in [3.63, 3.8) is 0 Å². The highest BCUT2D eigenvalue weighted by Gasteiger charge is 2.25. The number of aliphatic hydroxyl groups excluding tert-OH is 1. The Kier molecular flexibility index (Phi) is 3.73.